The van der Waals surface area contributed by atoms with Crippen LogP contribution < -0.4 is 21.4 Å². The molecule has 7 heteroatoms. The highest BCUT2D eigenvalue weighted by molar-refractivity contribution is 5.78. The van der Waals surface area contributed by atoms with Crippen LogP contribution >= 0.6 is 0 Å². The van der Waals surface area contributed by atoms with Crippen LogP contribution in [0.2, 0.25) is 0 Å². The first-order chi connectivity index (χ1) is 10.6. The first-order valence-corrected chi connectivity index (χ1v) is 8.06. The van der Waals surface area contributed by atoms with Crippen LogP contribution in [0.5, 0.6) is 0 Å². The Morgan fingerprint density at radius 3 is 2.45 bits per heavy atom. The van der Waals surface area contributed by atoms with Gasteiger partial charge in [0, 0.05) is 31.8 Å². The number of rotatable bonds is 7. The Labute approximate surface area is 132 Å². The molecule has 0 aromatic heterocycles. The molecule has 1 aliphatic carbocycles. The highest BCUT2D eigenvalue weighted by Gasteiger charge is 2.25. The van der Waals surface area contributed by atoms with E-state index < -0.39 is 0 Å². The molecular formula is C15H29N5O2. The maximum Gasteiger partial charge on any atom is 0.335 e. The summed E-state index contributed by atoms with van der Waals surface area (Å²) < 4.78 is 0. The number of hydrogen-bond acceptors (Lipinski definition) is 4. The molecule has 1 unspecified atom stereocenters. The molecule has 0 heterocycles. The Morgan fingerprint density at radius 1 is 1.23 bits per heavy atom. The van der Waals surface area contributed by atoms with Gasteiger partial charge < -0.3 is 16.0 Å². The second kappa shape index (κ2) is 10.2. The lowest BCUT2D eigenvalue weighted by atomic mass is 9.81. The van der Waals surface area contributed by atoms with Gasteiger partial charge >= 0.3 is 6.03 Å². The number of amides is 3. The highest BCUT2D eigenvalue weighted by atomic mass is 16.2. The number of carbonyl (C=O) groups excluding carboxylic acids is 2. The lowest BCUT2D eigenvalue weighted by molar-refractivity contribution is -0.125. The predicted octanol–water partition coefficient (Wildman–Crippen LogP) is 0.822. The van der Waals surface area contributed by atoms with Crippen LogP contribution in [0.15, 0.2) is 5.10 Å². The zero-order valence-electron chi connectivity index (χ0n) is 13.8. The molecule has 1 saturated carbocycles. The molecule has 7 nitrogen and oxygen atoms in total. The van der Waals surface area contributed by atoms with Gasteiger partial charge in [0.15, 0.2) is 0 Å². The van der Waals surface area contributed by atoms with Gasteiger partial charge in [-0.3, -0.25) is 4.79 Å². The van der Waals surface area contributed by atoms with Crippen molar-refractivity contribution in [3.63, 3.8) is 0 Å². The smallest absolute Gasteiger partial charge is 0.335 e. The van der Waals surface area contributed by atoms with Gasteiger partial charge in [0.1, 0.15) is 0 Å². The second-order valence-electron chi connectivity index (χ2n) is 5.74. The molecule has 1 fully saturated rings. The molecule has 1 atom stereocenters. The molecule has 4 N–H and O–H groups in total. The van der Waals surface area contributed by atoms with Gasteiger partial charge in [-0.1, -0.05) is 6.92 Å². The normalized spacial score (nSPS) is 23.0. The van der Waals surface area contributed by atoms with Gasteiger partial charge in [-0.05, 0) is 45.1 Å². The predicted molar refractivity (Wildman–Crippen MR) is 87.7 cm³/mol. The van der Waals surface area contributed by atoms with Crippen LogP contribution in [0.1, 0.15) is 39.0 Å². The minimum atomic E-state index is -0.282. The topological polar surface area (TPSA) is 94.6 Å². The zero-order chi connectivity index (χ0) is 16.4. The van der Waals surface area contributed by atoms with Crippen molar-refractivity contribution >= 4 is 18.2 Å². The van der Waals surface area contributed by atoms with E-state index in [1.165, 1.54) is 0 Å². The van der Waals surface area contributed by atoms with E-state index >= 15 is 0 Å². The molecular weight excluding hydrogens is 282 g/mol. The van der Waals surface area contributed by atoms with Crippen molar-refractivity contribution in [3.8, 4) is 0 Å². The van der Waals surface area contributed by atoms with Crippen molar-refractivity contribution < 1.29 is 9.59 Å². The minimum absolute atomic E-state index is 0.132. The highest BCUT2D eigenvalue weighted by Crippen LogP contribution is 2.28. The van der Waals surface area contributed by atoms with Crippen molar-refractivity contribution in [2.75, 3.05) is 20.6 Å². The van der Waals surface area contributed by atoms with Crippen LogP contribution in [0, 0.1) is 11.8 Å². The van der Waals surface area contributed by atoms with Gasteiger partial charge in [-0.2, -0.15) is 5.10 Å². The summed E-state index contributed by atoms with van der Waals surface area (Å²) in [4.78, 5) is 23.2. The van der Waals surface area contributed by atoms with Crippen LogP contribution in [0.25, 0.3) is 0 Å². The summed E-state index contributed by atoms with van der Waals surface area (Å²) >= 11 is 0. The van der Waals surface area contributed by atoms with E-state index in [1.54, 1.807) is 13.3 Å². The number of nitrogens with one attached hydrogen (secondary N) is 4. The van der Waals surface area contributed by atoms with Crippen LogP contribution in [0.4, 0.5) is 4.79 Å². The summed E-state index contributed by atoms with van der Waals surface area (Å²) in [5, 5.41) is 12.5. The Balaban J connectivity index is 2.19. The maximum atomic E-state index is 11.6. The van der Waals surface area contributed by atoms with Crippen molar-refractivity contribution in [2.45, 2.75) is 45.1 Å². The minimum Gasteiger partial charge on any atom is -0.359 e. The standard InChI is InChI=1S/C15H29N5O2/c1-4-13(16-2)10-19-20-15(22)18-9-11-5-7-12(8-6-11)14(21)17-3/h10-13,16H,4-9H2,1-3H3,(H,17,21)(H2,18,20,22)/b19-10+. The fourth-order valence-electron chi connectivity index (χ4n) is 2.68. The summed E-state index contributed by atoms with van der Waals surface area (Å²) in [6, 6.07) is -0.115. The summed E-state index contributed by atoms with van der Waals surface area (Å²) in [6.45, 7) is 2.67. The third kappa shape index (κ3) is 6.43. The first-order valence-electron chi connectivity index (χ1n) is 8.06. The van der Waals surface area contributed by atoms with E-state index in [4.69, 9.17) is 0 Å². The van der Waals surface area contributed by atoms with E-state index in [0.29, 0.717) is 12.5 Å². The average molecular weight is 311 g/mol. The van der Waals surface area contributed by atoms with Crippen LogP contribution in [-0.2, 0) is 4.79 Å². The fourth-order valence-corrected chi connectivity index (χ4v) is 2.68. The fraction of sp³-hybridized carbons (Fsp3) is 0.800. The molecule has 0 aliphatic heterocycles. The second-order valence-corrected chi connectivity index (χ2v) is 5.74. The van der Waals surface area contributed by atoms with Crippen LogP contribution in [0.3, 0.4) is 0 Å². The molecule has 1 aliphatic rings. The summed E-state index contributed by atoms with van der Waals surface area (Å²) in [6.07, 6.45) is 6.34. The summed E-state index contributed by atoms with van der Waals surface area (Å²) in [5.74, 6) is 0.706. The van der Waals surface area contributed by atoms with E-state index in [-0.39, 0.29) is 23.9 Å². The molecule has 3 amide bonds. The van der Waals surface area contributed by atoms with Gasteiger partial charge in [0.2, 0.25) is 5.91 Å². The number of urea groups is 1. The Bertz CT molecular complexity index is 374. The van der Waals surface area contributed by atoms with E-state index in [2.05, 4.69) is 26.5 Å². The van der Waals surface area contributed by atoms with Crippen molar-refractivity contribution in [3.05, 3.63) is 0 Å². The third-order valence-electron chi connectivity index (χ3n) is 4.25. The van der Waals surface area contributed by atoms with Gasteiger partial charge in [-0.15, -0.1) is 0 Å². The zero-order valence-corrected chi connectivity index (χ0v) is 13.8. The SMILES string of the molecule is CCC(/C=N/NC(=O)NCC1CCC(C(=O)NC)CC1)NC. The van der Waals surface area contributed by atoms with Gasteiger partial charge in [0.05, 0.1) is 0 Å². The van der Waals surface area contributed by atoms with Crippen molar-refractivity contribution in [1.29, 1.82) is 0 Å². The van der Waals surface area contributed by atoms with Gasteiger partial charge in [-0.25, -0.2) is 10.2 Å². The van der Waals surface area contributed by atoms with Crippen molar-refractivity contribution in [2.24, 2.45) is 16.9 Å². The van der Waals surface area contributed by atoms with Crippen LogP contribution in [-0.4, -0.2) is 44.8 Å². The van der Waals surface area contributed by atoms with Gasteiger partial charge in [0.25, 0.3) is 0 Å². The molecule has 0 aromatic rings. The molecule has 1 rings (SSSR count). The van der Waals surface area contributed by atoms with Crippen molar-refractivity contribution in [1.82, 2.24) is 21.4 Å². The quantitative estimate of drug-likeness (QED) is 0.414. The lowest BCUT2D eigenvalue weighted by Gasteiger charge is -2.27. The molecule has 22 heavy (non-hydrogen) atoms. The molecule has 0 aromatic carbocycles. The first kappa shape index (κ1) is 18.4. The Hall–Kier alpha value is -1.63. The lowest BCUT2D eigenvalue weighted by Crippen LogP contribution is -2.38. The number of nitrogens with zero attached hydrogens (tertiary/aromatic N) is 1. The molecule has 0 radical (unpaired) electrons. The van der Waals surface area contributed by atoms with E-state index in [9.17, 15) is 9.59 Å². The maximum absolute atomic E-state index is 11.6. The molecule has 0 saturated heterocycles. The number of hydrazone groups is 1. The number of carbonyl (C=O) groups is 2. The van der Waals surface area contributed by atoms with E-state index in [0.717, 1.165) is 32.1 Å². The Morgan fingerprint density at radius 2 is 1.91 bits per heavy atom. The summed E-state index contributed by atoms with van der Waals surface area (Å²) in [5.41, 5.74) is 2.47. The number of hydrogen-bond donors (Lipinski definition) is 4. The molecule has 0 bridgehead atoms. The Kier molecular flexibility index (Phi) is 8.50. The third-order valence-corrected chi connectivity index (χ3v) is 4.25. The summed E-state index contributed by atoms with van der Waals surface area (Å²) in [7, 11) is 3.54. The monoisotopic (exact) mass is 311 g/mol. The average Bonchev–Trinajstić information content (AvgIpc) is 2.56. The molecule has 0 spiro atoms. The largest absolute Gasteiger partial charge is 0.359 e. The molecule has 126 valence electrons. The van der Waals surface area contributed by atoms with E-state index in [1.807, 2.05) is 14.0 Å².